The third-order valence-electron chi connectivity index (χ3n) is 5.22. The van der Waals surface area contributed by atoms with E-state index in [0.717, 1.165) is 11.1 Å². The van der Waals surface area contributed by atoms with Crippen LogP contribution in [-0.4, -0.2) is 37.4 Å². The summed E-state index contributed by atoms with van der Waals surface area (Å²) in [6, 6.07) is 17.7. The van der Waals surface area contributed by atoms with Crippen LogP contribution in [0.3, 0.4) is 0 Å². The number of aromatic nitrogens is 1. The van der Waals surface area contributed by atoms with Gasteiger partial charge in [-0.2, -0.15) is 0 Å². The minimum Gasteiger partial charge on any atom is -0.497 e. The van der Waals surface area contributed by atoms with Gasteiger partial charge in [0, 0.05) is 29.4 Å². The van der Waals surface area contributed by atoms with Crippen LogP contribution in [0.15, 0.2) is 66.9 Å². The van der Waals surface area contributed by atoms with E-state index in [1.165, 1.54) is 26.4 Å². The molecule has 1 amide bonds. The number of carbonyl (C=O) groups excluding carboxylic acids is 2. The zero-order valence-corrected chi connectivity index (χ0v) is 19.0. The number of halogens is 1. The van der Waals surface area contributed by atoms with Crippen molar-refractivity contribution in [3.63, 3.8) is 0 Å². The van der Waals surface area contributed by atoms with Crippen molar-refractivity contribution in [2.75, 3.05) is 26.6 Å². The lowest BCUT2D eigenvalue weighted by Crippen LogP contribution is -2.25. The fraction of sp³-hybridized carbons (Fsp3) is 0.120. The summed E-state index contributed by atoms with van der Waals surface area (Å²) >= 11 is 6.14. The molecule has 0 radical (unpaired) electrons. The predicted molar refractivity (Wildman–Crippen MR) is 127 cm³/mol. The number of Topliss-reactive ketones (excluding diaryl/α,β-unsaturated/α-hetero) is 1. The van der Waals surface area contributed by atoms with Gasteiger partial charge in [0.25, 0.3) is 11.7 Å². The van der Waals surface area contributed by atoms with E-state index in [4.69, 9.17) is 25.8 Å². The van der Waals surface area contributed by atoms with Crippen LogP contribution < -0.4 is 19.5 Å². The first-order valence-corrected chi connectivity index (χ1v) is 10.4. The zero-order valence-electron chi connectivity index (χ0n) is 18.2. The Morgan fingerprint density at radius 1 is 0.879 bits per heavy atom. The maximum absolute atomic E-state index is 13.4. The maximum Gasteiger partial charge on any atom is 0.298 e. The van der Waals surface area contributed by atoms with Crippen molar-refractivity contribution < 1.29 is 23.8 Å². The first-order valence-electron chi connectivity index (χ1n) is 9.98. The van der Waals surface area contributed by atoms with E-state index >= 15 is 0 Å². The van der Waals surface area contributed by atoms with Gasteiger partial charge in [-0.05, 0) is 35.9 Å². The fourth-order valence-electron chi connectivity index (χ4n) is 3.59. The second-order valence-corrected chi connectivity index (χ2v) is 7.51. The highest BCUT2D eigenvalue weighted by Crippen LogP contribution is 2.36. The van der Waals surface area contributed by atoms with Crippen molar-refractivity contribution in [1.29, 1.82) is 0 Å². The number of hydrogen-bond acceptors (Lipinski definition) is 5. The molecule has 0 aliphatic rings. The monoisotopic (exact) mass is 464 g/mol. The summed E-state index contributed by atoms with van der Waals surface area (Å²) in [5.41, 5.74) is 2.70. The molecule has 4 rings (SSSR count). The molecule has 0 unspecified atom stereocenters. The summed E-state index contributed by atoms with van der Waals surface area (Å²) < 4.78 is 17.4. The molecule has 0 aliphatic heterocycles. The fourth-order valence-corrected chi connectivity index (χ4v) is 3.82. The highest BCUT2D eigenvalue weighted by atomic mass is 35.5. The number of rotatable bonds is 7. The van der Waals surface area contributed by atoms with Crippen molar-refractivity contribution in [2.45, 2.75) is 0 Å². The third-order valence-corrected chi connectivity index (χ3v) is 5.52. The predicted octanol–water partition coefficient (Wildman–Crippen LogP) is 5.11. The van der Waals surface area contributed by atoms with Crippen molar-refractivity contribution in [3.8, 4) is 28.4 Å². The summed E-state index contributed by atoms with van der Waals surface area (Å²) in [5, 5.41) is 2.95. The molecule has 0 spiro atoms. The molecule has 0 saturated heterocycles. The standard InChI is InChI=1S/C25H21ClN2O5/c1-31-17-9-7-15(8-10-17)18-12-16-6-4-5-11-28(16)23(18)24(29)25(30)27-20-14-21(32-2)19(26)13-22(20)33-3/h4-14H,1-3H3,(H,27,30). The molecule has 0 fully saturated rings. The van der Waals surface area contributed by atoms with Gasteiger partial charge < -0.3 is 23.9 Å². The number of hydrogen-bond donors (Lipinski definition) is 1. The quantitative estimate of drug-likeness (QED) is 0.304. The number of pyridine rings is 1. The Kier molecular flexibility index (Phi) is 6.24. The van der Waals surface area contributed by atoms with Crippen molar-refractivity contribution in [1.82, 2.24) is 4.40 Å². The number of ketones is 1. The molecule has 0 atom stereocenters. The van der Waals surface area contributed by atoms with Crippen molar-refractivity contribution in [2.24, 2.45) is 0 Å². The lowest BCUT2D eigenvalue weighted by atomic mass is 10.0. The molecule has 0 aliphatic carbocycles. The topological polar surface area (TPSA) is 78.3 Å². The molecule has 2 aromatic carbocycles. The Hall–Kier alpha value is -3.97. The van der Waals surface area contributed by atoms with Gasteiger partial charge >= 0.3 is 0 Å². The number of methoxy groups -OCH3 is 3. The number of benzene rings is 2. The molecule has 33 heavy (non-hydrogen) atoms. The van der Waals surface area contributed by atoms with Gasteiger partial charge in [0.1, 0.15) is 22.9 Å². The Bertz CT molecular complexity index is 1350. The molecule has 0 saturated carbocycles. The summed E-state index contributed by atoms with van der Waals surface area (Å²) in [7, 11) is 4.48. The van der Waals surface area contributed by atoms with Gasteiger partial charge in [-0.25, -0.2) is 0 Å². The van der Waals surface area contributed by atoms with E-state index in [1.807, 2.05) is 30.3 Å². The molecule has 0 bridgehead atoms. The number of carbonyl (C=O) groups is 2. The van der Waals surface area contributed by atoms with Crippen LogP contribution in [0.4, 0.5) is 5.69 Å². The first-order chi connectivity index (χ1) is 16.0. The molecular weight excluding hydrogens is 444 g/mol. The van der Waals surface area contributed by atoms with E-state index in [0.29, 0.717) is 27.8 Å². The van der Waals surface area contributed by atoms with Crippen molar-refractivity contribution >= 4 is 34.5 Å². The van der Waals surface area contributed by atoms with Gasteiger partial charge in [-0.3, -0.25) is 9.59 Å². The normalized spacial score (nSPS) is 10.7. The molecule has 7 nitrogen and oxygen atoms in total. The number of ether oxygens (including phenoxy) is 3. The van der Waals surface area contributed by atoms with Gasteiger partial charge in [-0.1, -0.05) is 29.8 Å². The number of nitrogens with one attached hydrogen (secondary N) is 1. The Labute approximate surface area is 195 Å². The SMILES string of the molecule is COc1ccc(-c2cc3ccccn3c2C(=O)C(=O)Nc2cc(OC)c(Cl)cc2OC)cc1. The summed E-state index contributed by atoms with van der Waals surface area (Å²) in [6.45, 7) is 0. The van der Waals surface area contributed by atoms with Gasteiger partial charge in [0.15, 0.2) is 0 Å². The summed E-state index contributed by atoms with van der Waals surface area (Å²) in [6.07, 6.45) is 1.74. The van der Waals surface area contributed by atoms with Crippen molar-refractivity contribution in [3.05, 3.63) is 77.6 Å². The molecule has 8 heteroatoms. The lowest BCUT2D eigenvalue weighted by Gasteiger charge is -2.13. The third kappa shape index (κ3) is 4.23. The van der Waals surface area contributed by atoms with Crippen LogP contribution in [0.5, 0.6) is 17.2 Å². The Morgan fingerprint density at radius 2 is 1.61 bits per heavy atom. The van der Waals surface area contributed by atoms with E-state index in [2.05, 4.69) is 5.32 Å². The van der Waals surface area contributed by atoms with E-state index in [1.54, 1.807) is 35.9 Å². The summed E-state index contributed by atoms with van der Waals surface area (Å²) in [4.78, 5) is 26.5. The number of fused-ring (bicyclic) bond motifs is 1. The van der Waals surface area contributed by atoms with E-state index in [9.17, 15) is 9.59 Å². The van der Waals surface area contributed by atoms with Crippen LogP contribution in [0.2, 0.25) is 5.02 Å². The van der Waals surface area contributed by atoms with Gasteiger partial charge in [0.05, 0.1) is 32.0 Å². The number of amides is 1. The molecule has 1 N–H and O–H groups in total. The smallest absolute Gasteiger partial charge is 0.298 e. The van der Waals surface area contributed by atoms with Crippen LogP contribution in [0, 0.1) is 0 Å². The molecule has 2 aromatic heterocycles. The van der Waals surface area contributed by atoms with E-state index in [-0.39, 0.29) is 11.4 Å². The molecule has 168 valence electrons. The Morgan fingerprint density at radius 3 is 2.27 bits per heavy atom. The summed E-state index contributed by atoms with van der Waals surface area (Å²) in [5.74, 6) is -0.194. The van der Waals surface area contributed by atoms with Gasteiger partial charge in [0.2, 0.25) is 0 Å². The van der Waals surface area contributed by atoms with Crippen LogP contribution >= 0.6 is 11.6 Å². The minimum atomic E-state index is -0.823. The highest BCUT2D eigenvalue weighted by Gasteiger charge is 2.26. The maximum atomic E-state index is 13.4. The van der Waals surface area contributed by atoms with E-state index < -0.39 is 11.7 Å². The average molecular weight is 465 g/mol. The zero-order chi connectivity index (χ0) is 23.5. The molecule has 2 heterocycles. The number of anilines is 1. The van der Waals surface area contributed by atoms with Crippen LogP contribution in [0.25, 0.3) is 16.6 Å². The first kappa shape index (κ1) is 22.2. The number of nitrogens with zero attached hydrogens (tertiary/aromatic N) is 1. The molecule has 4 aromatic rings. The van der Waals surface area contributed by atoms with Gasteiger partial charge in [-0.15, -0.1) is 0 Å². The van der Waals surface area contributed by atoms with Crippen LogP contribution in [-0.2, 0) is 4.79 Å². The largest absolute Gasteiger partial charge is 0.497 e. The average Bonchev–Trinajstić information content (AvgIpc) is 3.23. The highest BCUT2D eigenvalue weighted by molar-refractivity contribution is 6.47. The minimum absolute atomic E-state index is 0.244. The second-order valence-electron chi connectivity index (χ2n) is 7.10. The lowest BCUT2D eigenvalue weighted by molar-refractivity contribution is -0.112. The van der Waals surface area contributed by atoms with Crippen LogP contribution in [0.1, 0.15) is 10.5 Å². The second kappa shape index (κ2) is 9.26. The molecular formula is C25H21ClN2O5. The Balaban J connectivity index is 1.76.